The van der Waals surface area contributed by atoms with Crippen molar-refractivity contribution in [3.8, 4) is 11.5 Å². The van der Waals surface area contributed by atoms with Crippen molar-refractivity contribution in [3.63, 3.8) is 0 Å². The molecule has 0 aliphatic carbocycles. The summed E-state index contributed by atoms with van der Waals surface area (Å²) in [6.45, 7) is 6.95. The second kappa shape index (κ2) is 11.9. The maximum absolute atomic E-state index is 13.0. The van der Waals surface area contributed by atoms with Gasteiger partial charge < -0.3 is 19.7 Å². The molecule has 0 saturated carbocycles. The molecule has 2 aromatic carbocycles. The quantitative estimate of drug-likeness (QED) is 0.571. The van der Waals surface area contributed by atoms with Gasteiger partial charge in [-0.1, -0.05) is 29.8 Å². The third-order valence-electron chi connectivity index (χ3n) is 4.83. The Hall–Kier alpha value is -3.02. The van der Waals surface area contributed by atoms with E-state index in [9.17, 15) is 9.59 Å². The van der Waals surface area contributed by atoms with Crippen LogP contribution in [0.15, 0.2) is 48.5 Å². The number of likely N-dealkylation sites (N-methyl/N-ethyl adjacent to an activating group) is 1. The molecule has 0 saturated heterocycles. The summed E-state index contributed by atoms with van der Waals surface area (Å²) in [5.41, 5.74) is 2.08. The molecule has 0 fully saturated rings. The first-order valence-electron chi connectivity index (χ1n) is 10.3. The Labute approximate surface area is 179 Å². The van der Waals surface area contributed by atoms with Gasteiger partial charge in [0.2, 0.25) is 11.8 Å². The summed E-state index contributed by atoms with van der Waals surface area (Å²) < 4.78 is 11.0. The molecular weight excluding hydrogens is 380 g/mol. The number of aryl methyl sites for hydroxylation is 1. The van der Waals surface area contributed by atoms with Crippen LogP contribution in [-0.2, 0) is 16.1 Å². The van der Waals surface area contributed by atoms with Gasteiger partial charge in [0.15, 0.2) is 0 Å². The number of hydrogen-bond acceptors (Lipinski definition) is 4. The summed E-state index contributed by atoms with van der Waals surface area (Å²) in [4.78, 5) is 27.0. The molecule has 2 rings (SSSR count). The van der Waals surface area contributed by atoms with Gasteiger partial charge in [0.05, 0.1) is 13.7 Å². The minimum atomic E-state index is -0.568. The fourth-order valence-electron chi connectivity index (χ4n) is 3.06. The summed E-state index contributed by atoms with van der Waals surface area (Å²) in [7, 11) is 1.60. The van der Waals surface area contributed by atoms with Crippen molar-refractivity contribution in [2.24, 2.45) is 0 Å². The Morgan fingerprint density at radius 2 is 1.83 bits per heavy atom. The lowest BCUT2D eigenvalue weighted by molar-refractivity contribution is -0.140. The predicted molar refractivity (Wildman–Crippen MR) is 118 cm³/mol. The molecule has 0 bridgehead atoms. The molecule has 30 heavy (non-hydrogen) atoms. The van der Waals surface area contributed by atoms with E-state index >= 15 is 0 Å². The zero-order valence-electron chi connectivity index (χ0n) is 18.3. The number of benzene rings is 2. The van der Waals surface area contributed by atoms with Gasteiger partial charge in [-0.25, -0.2) is 0 Å². The van der Waals surface area contributed by atoms with Gasteiger partial charge in [-0.3, -0.25) is 9.59 Å². The molecule has 0 heterocycles. The molecular formula is C24H32N2O4. The van der Waals surface area contributed by atoms with Gasteiger partial charge in [-0.15, -0.1) is 0 Å². The standard InChI is InChI=1S/C24H32N2O4/c1-5-25-24(28)19(3)26(17-20-8-6-9-22(16-20)29-4)23(27)10-7-15-30-21-13-11-18(2)12-14-21/h6,8-9,11-14,16,19H,5,7,10,15,17H2,1-4H3,(H,25,28)/t19-/m0/s1. The molecule has 1 atom stereocenters. The number of ether oxygens (including phenoxy) is 2. The SMILES string of the molecule is CCNC(=O)[C@H](C)N(Cc1cccc(OC)c1)C(=O)CCCOc1ccc(C)cc1. The lowest BCUT2D eigenvalue weighted by Gasteiger charge is -2.29. The summed E-state index contributed by atoms with van der Waals surface area (Å²) >= 11 is 0. The summed E-state index contributed by atoms with van der Waals surface area (Å²) in [6.07, 6.45) is 0.878. The second-order valence-electron chi connectivity index (χ2n) is 7.21. The first-order chi connectivity index (χ1) is 14.4. The largest absolute Gasteiger partial charge is 0.497 e. The van der Waals surface area contributed by atoms with Crippen molar-refractivity contribution < 1.29 is 19.1 Å². The molecule has 0 aliphatic rings. The molecule has 0 aromatic heterocycles. The molecule has 2 amide bonds. The minimum absolute atomic E-state index is 0.0796. The highest BCUT2D eigenvalue weighted by molar-refractivity contribution is 5.87. The Morgan fingerprint density at radius 3 is 2.50 bits per heavy atom. The van der Waals surface area contributed by atoms with E-state index in [-0.39, 0.29) is 11.8 Å². The number of carbonyl (C=O) groups is 2. The Bertz CT molecular complexity index is 820. The van der Waals surface area contributed by atoms with Crippen LogP contribution in [0.2, 0.25) is 0 Å². The summed E-state index contributed by atoms with van der Waals surface area (Å²) in [6, 6.07) is 14.8. The molecule has 0 unspecified atom stereocenters. The number of nitrogens with one attached hydrogen (secondary N) is 1. The highest BCUT2D eigenvalue weighted by atomic mass is 16.5. The molecule has 1 N–H and O–H groups in total. The smallest absolute Gasteiger partial charge is 0.242 e. The predicted octanol–water partition coefficient (Wildman–Crippen LogP) is 3.72. The maximum Gasteiger partial charge on any atom is 0.242 e. The number of carbonyl (C=O) groups excluding carboxylic acids is 2. The van der Waals surface area contributed by atoms with Crippen molar-refractivity contribution in [3.05, 3.63) is 59.7 Å². The van der Waals surface area contributed by atoms with Crippen molar-refractivity contribution in [2.45, 2.75) is 46.2 Å². The summed E-state index contributed by atoms with van der Waals surface area (Å²) in [5, 5.41) is 2.80. The highest BCUT2D eigenvalue weighted by Gasteiger charge is 2.25. The molecule has 6 heteroatoms. The Balaban J connectivity index is 1.99. The van der Waals surface area contributed by atoms with Crippen molar-refractivity contribution in [2.75, 3.05) is 20.3 Å². The number of hydrogen-bond donors (Lipinski definition) is 1. The fourth-order valence-corrected chi connectivity index (χ4v) is 3.06. The number of nitrogens with zero attached hydrogens (tertiary/aromatic N) is 1. The highest BCUT2D eigenvalue weighted by Crippen LogP contribution is 2.17. The van der Waals surface area contributed by atoms with Crippen LogP contribution in [0.5, 0.6) is 11.5 Å². The van der Waals surface area contributed by atoms with E-state index in [0.717, 1.165) is 17.1 Å². The lowest BCUT2D eigenvalue weighted by Crippen LogP contribution is -2.47. The first-order valence-corrected chi connectivity index (χ1v) is 10.3. The van der Waals surface area contributed by atoms with Crippen LogP contribution in [0.3, 0.4) is 0 Å². The van der Waals surface area contributed by atoms with Crippen LogP contribution >= 0.6 is 0 Å². The molecule has 0 aliphatic heterocycles. The van der Waals surface area contributed by atoms with Crippen LogP contribution in [0.25, 0.3) is 0 Å². The van der Waals surface area contributed by atoms with E-state index in [1.54, 1.807) is 18.9 Å². The Kier molecular flexibility index (Phi) is 9.19. The van der Waals surface area contributed by atoms with Crippen molar-refractivity contribution in [1.82, 2.24) is 10.2 Å². The van der Waals surface area contributed by atoms with E-state index in [4.69, 9.17) is 9.47 Å². The molecule has 2 aromatic rings. The monoisotopic (exact) mass is 412 g/mol. The number of rotatable bonds is 11. The van der Waals surface area contributed by atoms with E-state index in [0.29, 0.717) is 32.5 Å². The first kappa shape index (κ1) is 23.3. The fraction of sp³-hybridized carbons (Fsp3) is 0.417. The minimum Gasteiger partial charge on any atom is -0.497 e. The third-order valence-corrected chi connectivity index (χ3v) is 4.83. The average Bonchev–Trinajstić information content (AvgIpc) is 2.76. The van der Waals surface area contributed by atoms with E-state index in [2.05, 4.69) is 5.32 Å². The van der Waals surface area contributed by atoms with Crippen molar-refractivity contribution >= 4 is 11.8 Å². The van der Waals surface area contributed by atoms with Crippen LogP contribution in [-0.4, -0.2) is 43.0 Å². The lowest BCUT2D eigenvalue weighted by atomic mass is 10.1. The molecule has 162 valence electrons. The van der Waals surface area contributed by atoms with Crippen LogP contribution in [0.1, 0.15) is 37.8 Å². The number of methoxy groups -OCH3 is 1. The molecule has 0 spiro atoms. The van der Waals surface area contributed by atoms with Gasteiger partial charge >= 0.3 is 0 Å². The Morgan fingerprint density at radius 1 is 1.10 bits per heavy atom. The zero-order chi connectivity index (χ0) is 21.9. The van der Waals surface area contributed by atoms with Crippen LogP contribution in [0, 0.1) is 6.92 Å². The topological polar surface area (TPSA) is 67.9 Å². The van der Waals surface area contributed by atoms with Gasteiger partial charge in [0.1, 0.15) is 17.5 Å². The van der Waals surface area contributed by atoms with E-state index in [1.165, 1.54) is 5.56 Å². The molecule has 0 radical (unpaired) electrons. The van der Waals surface area contributed by atoms with Crippen LogP contribution in [0.4, 0.5) is 0 Å². The maximum atomic E-state index is 13.0. The third kappa shape index (κ3) is 7.10. The number of amides is 2. The molecule has 6 nitrogen and oxygen atoms in total. The van der Waals surface area contributed by atoms with Crippen LogP contribution < -0.4 is 14.8 Å². The van der Waals surface area contributed by atoms with Gasteiger partial charge in [0.25, 0.3) is 0 Å². The zero-order valence-corrected chi connectivity index (χ0v) is 18.3. The average molecular weight is 413 g/mol. The van der Waals surface area contributed by atoms with Gasteiger partial charge in [0, 0.05) is 19.5 Å². The van der Waals surface area contributed by atoms with Gasteiger partial charge in [-0.2, -0.15) is 0 Å². The van der Waals surface area contributed by atoms with Gasteiger partial charge in [-0.05, 0) is 57.0 Å². The normalized spacial score (nSPS) is 11.5. The van der Waals surface area contributed by atoms with E-state index in [1.807, 2.05) is 62.4 Å². The summed E-state index contributed by atoms with van der Waals surface area (Å²) in [5.74, 6) is 1.27. The second-order valence-corrected chi connectivity index (χ2v) is 7.21. The van der Waals surface area contributed by atoms with Crippen molar-refractivity contribution in [1.29, 1.82) is 0 Å². The van der Waals surface area contributed by atoms with E-state index < -0.39 is 6.04 Å².